The van der Waals surface area contributed by atoms with Crippen molar-refractivity contribution in [3.63, 3.8) is 0 Å². The molecule has 1 saturated carbocycles. The number of alkyl carbamates (subject to hydrolysis) is 1. The minimum atomic E-state index is -0.444. The van der Waals surface area contributed by atoms with Gasteiger partial charge in [0.2, 0.25) is 0 Å². The van der Waals surface area contributed by atoms with Crippen molar-refractivity contribution in [2.45, 2.75) is 83.5 Å². The molecule has 1 aliphatic rings. The molecular formula is C18H30N2O3. The van der Waals surface area contributed by atoms with Crippen molar-refractivity contribution < 1.29 is 13.9 Å². The third-order valence-corrected chi connectivity index (χ3v) is 4.18. The van der Waals surface area contributed by atoms with E-state index in [-0.39, 0.29) is 18.2 Å². The van der Waals surface area contributed by atoms with Gasteiger partial charge in [-0.1, -0.05) is 6.92 Å². The topological polar surface area (TPSA) is 63.5 Å². The van der Waals surface area contributed by atoms with E-state index in [1.807, 2.05) is 32.9 Å². The summed E-state index contributed by atoms with van der Waals surface area (Å²) in [5.41, 5.74) is -0.444. The Kier molecular flexibility index (Phi) is 6.10. The minimum absolute atomic E-state index is 0.214. The predicted octanol–water partition coefficient (Wildman–Crippen LogP) is 4.16. The number of ether oxygens (including phenoxy) is 1. The fraction of sp³-hybridized carbons (Fsp3) is 0.722. The molecule has 0 aromatic carbocycles. The highest BCUT2D eigenvalue weighted by atomic mass is 16.6. The molecule has 0 spiro atoms. The fourth-order valence-electron chi connectivity index (χ4n) is 3.05. The normalized spacial score (nSPS) is 23.3. The van der Waals surface area contributed by atoms with Crippen LogP contribution in [-0.4, -0.2) is 23.8 Å². The van der Waals surface area contributed by atoms with Gasteiger partial charge in [-0.3, -0.25) is 0 Å². The van der Waals surface area contributed by atoms with E-state index in [9.17, 15) is 4.79 Å². The Morgan fingerprint density at radius 2 is 1.96 bits per heavy atom. The molecule has 2 N–H and O–H groups in total. The van der Waals surface area contributed by atoms with Crippen molar-refractivity contribution in [1.82, 2.24) is 10.6 Å². The molecule has 1 amide bonds. The van der Waals surface area contributed by atoms with E-state index in [1.165, 1.54) is 0 Å². The second-order valence-corrected chi connectivity index (χ2v) is 7.34. The Bertz CT molecular complexity index is 471. The summed E-state index contributed by atoms with van der Waals surface area (Å²) in [5, 5.41) is 6.67. The molecule has 0 bridgehead atoms. The lowest BCUT2D eigenvalue weighted by Gasteiger charge is -2.32. The number of nitrogens with one attached hydrogen (secondary N) is 2. The van der Waals surface area contributed by atoms with Gasteiger partial charge < -0.3 is 19.8 Å². The molecular weight excluding hydrogens is 292 g/mol. The zero-order valence-electron chi connectivity index (χ0n) is 14.7. The van der Waals surface area contributed by atoms with Gasteiger partial charge in [-0.25, -0.2) is 4.79 Å². The SMILES string of the molecule is CCC(NC1CCC(NC(=O)OC(C)(C)C)CC1)c1ccco1. The van der Waals surface area contributed by atoms with Crippen molar-refractivity contribution >= 4 is 6.09 Å². The van der Waals surface area contributed by atoms with Crippen molar-refractivity contribution in [3.8, 4) is 0 Å². The first kappa shape index (κ1) is 17.9. The summed E-state index contributed by atoms with van der Waals surface area (Å²) < 4.78 is 10.8. The summed E-state index contributed by atoms with van der Waals surface area (Å²) in [7, 11) is 0. The van der Waals surface area contributed by atoms with Crippen molar-refractivity contribution in [2.75, 3.05) is 0 Å². The predicted molar refractivity (Wildman–Crippen MR) is 90.3 cm³/mol. The Hall–Kier alpha value is -1.49. The minimum Gasteiger partial charge on any atom is -0.468 e. The quantitative estimate of drug-likeness (QED) is 0.854. The highest BCUT2D eigenvalue weighted by Crippen LogP contribution is 2.24. The summed E-state index contributed by atoms with van der Waals surface area (Å²) in [5.74, 6) is 1.00. The van der Waals surface area contributed by atoms with E-state index in [2.05, 4.69) is 17.6 Å². The molecule has 0 aliphatic heterocycles. The Morgan fingerprint density at radius 1 is 1.30 bits per heavy atom. The van der Waals surface area contributed by atoms with Crippen LogP contribution in [0, 0.1) is 0 Å². The van der Waals surface area contributed by atoms with Crippen LogP contribution in [0.4, 0.5) is 4.79 Å². The van der Waals surface area contributed by atoms with E-state index >= 15 is 0 Å². The summed E-state index contributed by atoms with van der Waals surface area (Å²) >= 11 is 0. The zero-order valence-corrected chi connectivity index (χ0v) is 14.7. The number of carbonyl (C=O) groups is 1. The standard InChI is InChI=1S/C18H30N2O3/c1-5-15(16-7-6-12-22-16)19-13-8-10-14(11-9-13)20-17(21)23-18(2,3)4/h6-7,12-15,19H,5,8-11H2,1-4H3,(H,20,21). The second-order valence-electron chi connectivity index (χ2n) is 7.34. The molecule has 0 saturated heterocycles. The van der Waals surface area contributed by atoms with Crippen molar-refractivity contribution in [3.05, 3.63) is 24.2 Å². The van der Waals surface area contributed by atoms with Crippen LogP contribution in [0.2, 0.25) is 0 Å². The van der Waals surface area contributed by atoms with E-state index in [1.54, 1.807) is 6.26 Å². The van der Waals surface area contributed by atoms with Gasteiger partial charge in [0.15, 0.2) is 0 Å². The summed E-state index contributed by atoms with van der Waals surface area (Å²) in [6, 6.07) is 4.91. The van der Waals surface area contributed by atoms with Crippen LogP contribution in [0.15, 0.2) is 22.8 Å². The number of hydrogen-bond acceptors (Lipinski definition) is 4. The molecule has 23 heavy (non-hydrogen) atoms. The van der Waals surface area contributed by atoms with Gasteiger partial charge in [-0.15, -0.1) is 0 Å². The van der Waals surface area contributed by atoms with Crippen LogP contribution in [0.1, 0.15) is 71.6 Å². The molecule has 1 atom stereocenters. The van der Waals surface area contributed by atoms with Crippen LogP contribution in [-0.2, 0) is 4.74 Å². The number of amides is 1. The number of rotatable bonds is 5. The van der Waals surface area contributed by atoms with Crippen LogP contribution >= 0.6 is 0 Å². The summed E-state index contributed by atoms with van der Waals surface area (Å²) in [6.45, 7) is 7.81. The molecule has 2 rings (SSSR count). The van der Waals surface area contributed by atoms with Crippen LogP contribution in [0.3, 0.4) is 0 Å². The number of furan rings is 1. The molecule has 1 aromatic rings. The molecule has 1 unspecified atom stereocenters. The van der Waals surface area contributed by atoms with Gasteiger partial charge in [0.25, 0.3) is 0 Å². The fourth-order valence-corrected chi connectivity index (χ4v) is 3.05. The second kappa shape index (κ2) is 7.86. The van der Waals surface area contributed by atoms with Gasteiger partial charge in [0.05, 0.1) is 12.3 Å². The lowest BCUT2D eigenvalue weighted by atomic mass is 9.90. The van der Waals surface area contributed by atoms with E-state index in [4.69, 9.17) is 9.15 Å². The average Bonchev–Trinajstić information content (AvgIpc) is 2.98. The molecule has 1 heterocycles. The third kappa shape index (κ3) is 5.90. The highest BCUT2D eigenvalue weighted by Gasteiger charge is 2.26. The number of carbonyl (C=O) groups excluding carboxylic acids is 1. The lowest BCUT2D eigenvalue weighted by molar-refractivity contribution is 0.0489. The number of hydrogen-bond donors (Lipinski definition) is 2. The molecule has 0 radical (unpaired) electrons. The first-order valence-electron chi connectivity index (χ1n) is 8.66. The van der Waals surface area contributed by atoms with Gasteiger partial charge in [0.1, 0.15) is 11.4 Å². The van der Waals surface area contributed by atoms with Gasteiger partial charge in [0, 0.05) is 12.1 Å². The maximum absolute atomic E-state index is 11.8. The van der Waals surface area contributed by atoms with Crippen LogP contribution < -0.4 is 10.6 Å². The zero-order chi connectivity index (χ0) is 16.9. The molecule has 130 valence electrons. The van der Waals surface area contributed by atoms with Crippen LogP contribution in [0.5, 0.6) is 0 Å². The third-order valence-electron chi connectivity index (χ3n) is 4.18. The van der Waals surface area contributed by atoms with Crippen LogP contribution in [0.25, 0.3) is 0 Å². The monoisotopic (exact) mass is 322 g/mol. The largest absolute Gasteiger partial charge is 0.468 e. The Labute approximate surface area is 139 Å². The van der Waals surface area contributed by atoms with Crippen molar-refractivity contribution in [2.24, 2.45) is 0 Å². The smallest absolute Gasteiger partial charge is 0.407 e. The van der Waals surface area contributed by atoms with E-state index in [0.29, 0.717) is 6.04 Å². The van der Waals surface area contributed by atoms with Crippen molar-refractivity contribution in [1.29, 1.82) is 0 Å². The van der Waals surface area contributed by atoms with E-state index in [0.717, 1.165) is 37.9 Å². The van der Waals surface area contributed by atoms with E-state index < -0.39 is 5.60 Å². The Morgan fingerprint density at radius 3 is 2.48 bits per heavy atom. The molecule has 1 fully saturated rings. The summed E-state index contributed by atoms with van der Waals surface area (Å²) in [6.07, 6.45) is 6.48. The van der Waals surface area contributed by atoms with Gasteiger partial charge >= 0.3 is 6.09 Å². The molecule has 1 aromatic heterocycles. The summed E-state index contributed by atoms with van der Waals surface area (Å²) in [4.78, 5) is 11.8. The molecule has 5 heteroatoms. The Balaban J connectivity index is 1.74. The molecule has 5 nitrogen and oxygen atoms in total. The van der Waals surface area contributed by atoms with Gasteiger partial charge in [-0.2, -0.15) is 0 Å². The first-order chi connectivity index (χ1) is 10.9. The van der Waals surface area contributed by atoms with Gasteiger partial charge in [-0.05, 0) is 65.0 Å². The average molecular weight is 322 g/mol. The molecule has 1 aliphatic carbocycles. The first-order valence-corrected chi connectivity index (χ1v) is 8.66. The highest BCUT2D eigenvalue weighted by molar-refractivity contribution is 5.68. The maximum Gasteiger partial charge on any atom is 0.407 e. The maximum atomic E-state index is 11.8. The lowest BCUT2D eigenvalue weighted by Crippen LogP contribution is -2.44.